The van der Waals surface area contributed by atoms with Crippen molar-refractivity contribution < 1.29 is 9.59 Å². The summed E-state index contributed by atoms with van der Waals surface area (Å²) in [5.41, 5.74) is 1.04. The second kappa shape index (κ2) is 7.81. The number of nitrogens with one attached hydrogen (secondary N) is 1. The largest absolute Gasteiger partial charge is 0.340 e. The summed E-state index contributed by atoms with van der Waals surface area (Å²) >= 11 is 7.29. The molecular weight excluding hydrogens is 344 g/mol. The van der Waals surface area contributed by atoms with Crippen LogP contribution in [0, 0.1) is 0 Å². The molecule has 1 aliphatic rings. The summed E-state index contributed by atoms with van der Waals surface area (Å²) < 4.78 is 0. The first-order valence-corrected chi connectivity index (χ1v) is 9.27. The Hall–Kier alpha value is -1.85. The van der Waals surface area contributed by atoms with E-state index in [0.29, 0.717) is 29.4 Å². The van der Waals surface area contributed by atoms with Gasteiger partial charge in [-0.3, -0.25) is 9.59 Å². The smallest absolute Gasteiger partial charge is 0.261 e. The predicted octanol–water partition coefficient (Wildman–Crippen LogP) is 3.71. The minimum Gasteiger partial charge on any atom is -0.340 e. The highest BCUT2D eigenvalue weighted by Gasteiger charge is 2.28. The number of hydrogen-bond acceptors (Lipinski definition) is 3. The lowest BCUT2D eigenvalue weighted by atomic mass is 10.1. The van der Waals surface area contributed by atoms with Gasteiger partial charge in [0.2, 0.25) is 5.91 Å². The van der Waals surface area contributed by atoms with Crippen molar-refractivity contribution in [2.24, 2.45) is 0 Å². The molecule has 1 atom stereocenters. The van der Waals surface area contributed by atoms with E-state index < -0.39 is 6.04 Å². The zero-order valence-electron chi connectivity index (χ0n) is 13.2. The van der Waals surface area contributed by atoms with Gasteiger partial charge in [0.1, 0.15) is 6.04 Å². The average molecular weight is 363 g/mol. The Balaban J connectivity index is 1.68. The van der Waals surface area contributed by atoms with E-state index in [1.165, 1.54) is 11.3 Å². The zero-order valence-corrected chi connectivity index (χ0v) is 14.8. The predicted molar refractivity (Wildman–Crippen MR) is 96.3 cm³/mol. The number of hydrogen-bond donors (Lipinski definition) is 1. The first kappa shape index (κ1) is 17.0. The minimum atomic E-state index is -0.450. The molecule has 2 amide bonds. The highest BCUT2D eigenvalue weighted by atomic mass is 35.5. The number of halogens is 1. The van der Waals surface area contributed by atoms with Crippen LogP contribution in [0.4, 0.5) is 0 Å². The molecule has 1 saturated heterocycles. The summed E-state index contributed by atoms with van der Waals surface area (Å²) in [5, 5.41) is 5.44. The van der Waals surface area contributed by atoms with Gasteiger partial charge in [0.05, 0.1) is 4.88 Å². The maximum absolute atomic E-state index is 12.8. The van der Waals surface area contributed by atoms with Crippen LogP contribution in [0.25, 0.3) is 0 Å². The van der Waals surface area contributed by atoms with Crippen molar-refractivity contribution >= 4 is 34.8 Å². The molecule has 24 heavy (non-hydrogen) atoms. The molecule has 2 aromatic rings. The molecule has 0 radical (unpaired) electrons. The number of rotatable bonds is 4. The third-order valence-corrected chi connectivity index (χ3v) is 5.24. The van der Waals surface area contributed by atoms with Crippen molar-refractivity contribution in [1.29, 1.82) is 0 Å². The topological polar surface area (TPSA) is 49.4 Å². The lowest BCUT2D eigenvalue weighted by Crippen LogP contribution is -2.47. The lowest BCUT2D eigenvalue weighted by molar-refractivity contribution is -0.133. The molecule has 1 aliphatic heterocycles. The maximum atomic E-state index is 12.8. The Morgan fingerprint density at radius 3 is 2.75 bits per heavy atom. The summed E-state index contributed by atoms with van der Waals surface area (Å²) in [5.74, 6) is -0.177. The molecule has 6 heteroatoms. The van der Waals surface area contributed by atoms with Gasteiger partial charge in [0.15, 0.2) is 0 Å². The average Bonchev–Trinajstić information content (AvgIpc) is 3.07. The summed E-state index contributed by atoms with van der Waals surface area (Å²) in [7, 11) is 0. The highest BCUT2D eigenvalue weighted by molar-refractivity contribution is 7.12. The van der Waals surface area contributed by atoms with E-state index in [1.807, 2.05) is 40.6 Å². The fourth-order valence-corrected chi connectivity index (χ4v) is 3.60. The lowest BCUT2D eigenvalue weighted by Gasteiger charge is -2.25. The van der Waals surface area contributed by atoms with Crippen molar-refractivity contribution in [3.05, 3.63) is 57.2 Å². The fourth-order valence-electron chi connectivity index (χ4n) is 2.84. The zero-order chi connectivity index (χ0) is 16.9. The third-order valence-electron chi connectivity index (χ3n) is 4.12. The van der Waals surface area contributed by atoms with E-state index in [0.717, 1.165) is 18.4 Å². The number of benzene rings is 1. The van der Waals surface area contributed by atoms with Gasteiger partial charge in [-0.05, 0) is 48.4 Å². The van der Waals surface area contributed by atoms with Crippen LogP contribution in [0.5, 0.6) is 0 Å². The number of amides is 2. The summed E-state index contributed by atoms with van der Waals surface area (Å²) in [6.45, 7) is 1.26. The molecule has 2 heterocycles. The molecule has 0 saturated carbocycles. The molecule has 1 N–H and O–H groups in total. The standard InChI is InChI=1S/C18H19ClN2O2S/c19-14-8-6-13(7-9-14)12-21-10-2-1-4-15(18(21)23)20-17(22)16-5-3-11-24-16/h3,5-9,11,15H,1-2,4,10,12H2,(H,20,22). The molecule has 1 aromatic heterocycles. The number of likely N-dealkylation sites (tertiary alicyclic amines) is 1. The molecule has 1 unspecified atom stereocenters. The van der Waals surface area contributed by atoms with E-state index in [4.69, 9.17) is 11.6 Å². The van der Waals surface area contributed by atoms with Crippen molar-refractivity contribution in [1.82, 2.24) is 10.2 Å². The van der Waals surface area contributed by atoms with E-state index in [9.17, 15) is 9.59 Å². The first-order chi connectivity index (χ1) is 11.6. The van der Waals surface area contributed by atoms with Crippen LogP contribution in [-0.2, 0) is 11.3 Å². The fraction of sp³-hybridized carbons (Fsp3) is 0.333. The van der Waals surface area contributed by atoms with E-state index in [-0.39, 0.29) is 11.8 Å². The Labute approximate surface area is 150 Å². The quantitative estimate of drug-likeness (QED) is 0.901. The third kappa shape index (κ3) is 4.16. The van der Waals surface area contributed by atoms with Crippen LogP contribution < -0.4 is 5.32 Å². The van der Waals surface area contributed by atoms with Gasteiger partial charge in [0.25, 0.3) is 5.91 Å². The first-order valence-electron chi connectivity index (χ1n) is 8.01. The molecule has 126 valence electrons. The Morgan fingerprint density at radius 1 is 1.25 bits per heavy atom. The monoisotopic (exact) mass is 362 g/mol. The normalized spacial score (nSPS) is 18.3. The van der Waals surface area contributed by atoms with Gasteiger partial charge < -0.3 is 10.2 Å². The van der Waals surface area contributed by atoms with Gasteiger partial charge in [-0.1, -0.05) is 29.8 Å². The van der Waals surface area contributed by atoms with E-state index in [2.05, 4.69) is 5.32 Å². The van der Waals surface area contributed by atoms with Gasteiger partial charge in [-0.25, -0.2) is 0 Å². The van der Waals surface area contributed by atoms with Crippen molar-refractivity contribution in [3.63, 3.8) is 0 Å². The Kier molecular flexibility index (Phi) is 5.53. The molecule has 0 spiro atoms. The van der Waals surface area contributed by atoms with Crippen LogP contribution in [0.1, 0.15) is 34.5 Å². The summed E-state index contributed by atoms with van der Waals surface area (Å²) in [6, 6.07) is 10.7. The Bertz CT molecular complexity index is 700. The Morgan fingerprint density at radius 2 is 2.04 bits per heavy atom. The van der Waals surface area contributed by atoms with Crippen molar-refractivity contribution in [3.8, 4) is 0 Å². The molecule has 1 fully saturated rings. The second-order valence-corrected chi connectivity index (χ2v) is 7.27. The van der Waals surface area contributed by atoms with E-state index in [1.54, 1.807) is 6.07 Å². The van der Waals surface area contributed by atoms with Crippen LogP contribution in [0.2, 0.25) is 5.02 Å². The van der Waals surface area contributed by atoms with Gasteiger partial charge in [0, 0.05) is 18.1 Å². The SMILES string of the molecule is O=C(NC1CCCCN(Cc2ccc(Cl)cc2)C1=O)c1cccs1. The van der Waals surface area contributed by atoms with Crippen LogP contribution in [0.3, 0.4) is 0 Å². The highest BCUT2D eigenvalue weighted by Crippen LogP contribution is 2.18. The van der Waals surface area contributed by atoms with Gasteiger partial charge >= 0.3 is 0 Å². The van der Waals surface area contributed by atoms with Gasteiger partial charge in [-0.15, -0.1) is 11.3 Å². The molecule has 1 aromatic carbocycles. The van der Waals surface area contributed by atoms with Crippen LogP contribution in [-0.4, -0.2) is 29.3 Å². The molecule has 0 bridgehead atoms. The minimum absolute atomic E-state index is 0.00708. The van der Waals surface area contributed by atoms with E-state index >= 15 is 0 Å². The number of carbonyl (C=O) groups is 2. The molecular formula is C18H19ClN2O2S. The maximum Gasteiger partial charge on any atom is 0.261 e. The molecule has 0 aliphatic carbocycles. The molecule has 3 rings (SSSR count). The number of nitrogens with zero attached hydrogens (tertiary/aromatic N) is 1. The number of carbonyl (C=O) groups excluding carboxylic acids is 2. The van der Waals surface area contributed by atoms with Crippen LogP contribution in [0.15, 0.2) is 41.8 Å². The summed E-state index contributed by atoms with van der Waals surface area (Å²) in [6.07, 6.45) is 2.57. The molecule has 4 nitrogen and oxygen atoms in total. The summed E-state index contributed by atoms with van der Waals surface area (Å²) in [4.78, 5) is 27.5. The van der Waals surface area contributed by atoms with Gasteiger partial charge in [-0.2, -0.15) is 0 Å². The van der Waals surface area contributed by atoms with Crippen molar-refractivity contribution in [2.75, 3.05) is 6.54 Å². The second-order valence-electron chi connectivity index (χ2n) is 5.89. The number of thiophene rings is 1. The van der Waals surface area contributed by atoms with Crippen LogP contribution >= 0.6 is 22.9 Å². The van der Waals surface area contributed by atoms with Crippen molar-refractivity contribution in [2.45, 2.75) is 31.8 Å².